The summed E-state index contributed by atoms with van der Waals surface area (Å²) in [5.41, 5.74) is 0. The van der Waals surface area contributed by atoms with Crippen molar-refractivity contribution in [1.29, 1.82) is 0 Å². The number of hydrogen-bond acceptors (Lipinski definition) is 2. The van der Waals surface area contributed by atoms with Crippen molar-refractivity contribution in [2.45, 2.75) is 6.92 Å². The third-order valence-corrected chi connectivity index (χ3v) is 0.305. The third-order valence-electron chi connectivity index (χ3n) is 0.305. The molecule has 1 radical (unpaired) electrons. The summed E-state index contributed by atoms with van der Waals surface area (Å²) in [6.07, 6.45) is 0. The Hall–Kier alpha value is -0.370. The van der Waals surface area contributed by atoms with E-state index in [1.807, 2.05) is 0 Å². The minimum absolute atomic E-state index is 0.00463. The summed E-state index contributed by atoms with van der Waals surface area (Å²) >= 11 is 0. The van der Waals surface area contributed by atoms with E-state index in [1.54, 1.807) is 0 Å². The molecule has 0 aliphatic rings. The second kappa shape index (κ2) is 2.85. The number of ketones is 1. The first-order valence-electron chi connectivity index (χ1n) is 1.64. The summed E-state index contributed by atoms with van der Waals surface area (Å²) in [6, 6.07) is 0. The fourth-order valence-electron chi connectivity index (χ4n) is 0.144. The summed E-state index contributed by atoms with van der Waals surface area (Å²) in [7, 11) is 3.00. The van der Waals surface area contributed by atoms with Gasteiger partial charge in [-0.3, -0.25) is 4.79 Å². The minimum atomic E-state index is 0.00463. The largest absolute Gasteiger partial charge is 0.371 e. The van der Waals surface area contributed by atoms with E-state index in [0.717, 1.165) is 0 Å². The highest BCUT2D eigenvalue weighted by molar-refractivity contribution is 5.76. The van der Waals surface area contributed by atoms with E-state index >= 15 is 0 Å². The number of Topliss-reactive ketones (excluding diaryl/α,β-unsaturated/α-hetero) is 1. The lowest BCUT2D eigenvalue weighted by atomic mass is 10.5. The average molecular weight is 87.1 g/mol. The van der Waals surface area contributed by atoms with Crippen LogP contribution in [0.2, 0.25) is 0 Å². The standard InChI is InChI=1S/C4H7O2/c1-4(5)3-6-2/h2-3H2,1H3. The minimum Gasteiger partial charge on any atom is -0.371 e. The molecule has 0 aromatic rings. The molecule has 6 heavy (non-hydrogen) atoms. The maximum absolute atomic E-state index is 9.88. The van der Waals surface area contributed by atoms with E-state index in [4.69, 9.17) is 0 Å². The molecule has 0 heterocycles. The Labute approximate surface area is 37.1 Å². The average Bonchev–Trinajstić information content (AvgIpc) is 1.35. The summed E-state index contributed by atoms with van der Waals surface area (Å²) in [4.78, 5) is 9.88. The van der Waals surface area contributed by atoms with Crippen molar-refractivity contribution in [3.63, 3.8) is 0 Å². The monoisotopic (exact) mass is 87.0 g/mol. The zero-order valence-electron chi connectivity index (χ0n) is 3.73. The van der Waals surface area contributed by atoms with Crippen LogP contribution in [0.4, 0.5) is 0 Å². The molecule has 0 amide bonds. The second-order valence-electron chi connectivity index (χ2n) is 1.05. The molecule has 35 valence electrons. The van der Waals surface area contributed by atoms with Crippen LogP contribution in [0, 0.1) is 7.11 Å². The SMILES string of the molecule is [CH2]OCC(C)=O. The molecule has 0 unspecified atom stereocenters. The van der Waals surface area contributed by atoms with Gasteiger partial charge in [-0.05, 0) is 6.92 Å². The normalized spacial score (nSPS) is 8.33. The van der Waals surface area contributed by atoms with Gasteiger partial charge in [0.15, 0.2) is 5.78 Å². The Morgan fingerprint density at radius 3 is 2.50 bits per heavy atom. The molecule has 0 bridgehead atoms. The highest BCUT2D eigenvalue weighted by Crippen LogP contribution is 1.68. The van der Waals surface area contributed by atoms with Gasteiger partial charge in [0.2, 0.25) is 0 Å². The highest BCUT2D eigenvalue weighted by atomic mass is 16.5. The van der Waals surface area contributed by atoms with E-state index in [0.29, 0.717) is 0 Å². The molecule has 0 saturated heterocycles. The summed E-state index contributed by atoms with van der Waals surface area (Å²) < 4.78 is 4.20. The number of rotatable bonds is 2. The predicted molar refractivity (Wildman–Crippen MR) is 22.0 cm³/mol. The van der Waals surface area contributed by atoms with Crippen molar-refractivity contribution in [1.82, 2.24) is 0 Å². The third kappa shape index (κ3) is 3.63. The van der Waals surface area contributed by atoms with Crippen LogP contribution in [0.3, 0.4) is 0 Å². The van der Waals surface area contributed by atoms with Crippen molar-refractivity contribution in [2.75, 3.05) is 6.61 Å². The van der Waals surface area contributed by atoms with Gasteiger partial charge in [-0.25, -0.2) is 0 Å². The van der Waals surface area contributed by atoms with Gasteiger partial charge in [-0.2, -0.15) is 0 Å². The van der Waals surface area contributed by atoms with Crippen LogP contribution in [0.25, 0.3) is 0 Å². The van der Waals surface area contributed by atoms with Crippen molar-refractivity contribution in [2.24, 2.45) is 0 Å². The summed E-state index contributed by atoms with van der Waals surface area (Å²) in [5, 5.41) is 0. The van der Waals surface area contributed by atoms with Crippen LogP contribution < -0.4 is 0 Å². The van der Waals surface area contributed by atoms with E-state index in [-0.39, 0.29) is 12.4 Å². The van der Waals surface area contributed by atoms with Crippen molar-refractivity contribution in [3.8, 4) is 0 Å². The Bertz CT molecular complexity index is 49.5. The Morgan fingerprint density at radius 1 is 2.00 bits per heavy atom. The lowest BCUT2D eigenvalue weighted by Crippen LogP contribution is -1.97. The van der Waals surface area contributed by atoms with E-state index in [9.17, 15) is 4.79 Å². The summed E-state index contributed by atoms with van der Waals surface area (Å²) in [5.74, 6) is 0.00463. The fourth-order valence-corrected chi connectivity index (χ4v) is 0.144. The summed E-state index contributed by atoms with van der Waals surface area (Å²) in [6.45, 7) is 1.57. The van der Waals surface area contributed by atoms with Gasteiger partial charge in [0, 0.05) is 0 Å². The van der Waals surface area contributed by atoms with Gasteiger partial charge in [-0.1, -0.05) is 0 Å². The Morgan fingerprint density at radius 2 is 2.50 bits per heavy atom. The van der Waals surface area contributed by atoms with Crippen LogP contribution in [0.5, 0.6) is 0 Å². The maximum atomic E-state index is 9.88. The molecule has 0 N–H and O–H groups in total. The fraction of sp³-hybridized carbons (Fsp3) is 0.500. The van der Waals surface area contributed by atoms with Crippen LogP contribution in [0.1, 0.15) is 6.92 Å². The molecule has 0 aliphatic carbocycles. The molecule has 0 spiro atoms. The van der Waals surface area contributed by atoms with Crippen LogP contribution >= 0.6 is 0 Å². The van der Waals surface area contributed by atoms with Gasteiger partial charge in [0.05, 0.1) is 7.11 Å². The van der Waals surface area contributed by atoms with Crippen LogP contribution in [0.15, 0.2) is 0 Å². The van der Waals surface area contributed by atoms with Crippen molar-refractivity contribution in [3.05, 3.63) is 7.11 Å². The number of ether oxygens (including phenoxy) is 1. The zero-order chi connectivity index (χ0) is 4.99. The Balaban J connectivity index is 2.83. The molecular formula is C4H7O2. The number of carbonyl (C=O) groups excluding carboxylic acids is 1. The molecule has 0 aromatic heterocycles. The van der Waals surface area contributed by atoms with Crippen molar-refractivity contribution < 1.29 is 9.53 Å². The topological polar surface area (TPSA) is 26.3 Å². The van der Waals surface area contributed by atoms with Gasteiger partial charge in [0.1, 0.15) is 6.61 Å². The van der Waals surface area contributed by atoms with Gasteiger partial charge < -0.3 is 4.74 Å². The van der Waals surface area contributed by atoms with Gasteiger partial charge >= 0.3 is 0 Å². The molecule has 0 aromatic carbocycles. The first kappa shape index (κ1) is 5.63. The highest BCUT2D eigenvalue weighted by Gasteiger charge is 1.83. The lowest BCUT2D eigenvalue weighted by molar-refractivity contribution is -0.119. The molecule has 0 rings (SSSR count). The van der Waals surface area contributed by atoms with Gasteiger partial charge in [0.25, 0.3) is 0 Å². The molecule has 0 fully saturated rings. The first-order chi connectivity index (χ1) is 2.77. The molecule has 2 nitrogen and oxygen atoms in total. The lowest BCUT2D eigenvalue weighted by Gasteiger charge is -1.84. The Kier molecular flexibility index (Phi) is 2.67. The molecule has 0 aliphatic heterocycles. The van der Waals surface area contributed by atoms with Gasteiger partial charge in [-0.15, -0.1) is 0 Å². The number of carbonyl (C=O) groups is 1. The van der Waals surface area contributed by atoms with Crippen molar-refractivity contribution >= 4 is 5.78 Å². The zero-order valence-corrected chi connectivity index (χ0v) is 3.73. The van der Waals surface area contributed by atoms with E-state index in [2.05, 4.69) is 11.8 Å². The molecule has 0 saturated carbocycles. The van der Waals surface area contributed by atoms with Crippen LogP contribution in [-0.4, -0.2) is 12.4 Å². The smallest absolute Gasteiger partial charge is 0.155 e. The maximum Gasteiger partial charge on any atom is 0.155 e. The quantitative estimate of drug-likeness (QED) is 0.486. The van der Waals surface area contributed by atoms with E-state index < -0.39 is 0 Å². The van der Waals surface area contributed by atoms with Crippen LogP contribution in [-0.2, 0) is 9.53 Å². The number of hydrogen-bond donors (Lipinski definition) is 0. The molecular weight excluding hydrogens is 80.0 g/mol. The molecule has 2 heteroatoms. The van der Waals surface area contributed by atoms with E-state index in [1.165, 1.54) is 6.92 Å². The molecule has 0 atom stereocenters. The first-order valence-corrected chi connectivity index (χ1v) is 1.64. The predicted octanol–water partition coefficient (Wildman–Crippen LogP) is 0.384. The second-order valence-corrected chi connectivity index (χ2v) is 1.05.